The smallest absolute Gasteiger partial charge is 0.303 e. The molecule has 0 fully saturated rings. The molecule has 4 nitrogen and oxygen atoms in total. The highest BCUT2D eigenvalue weighted by Gasteiger charge is 2.19. The number of hydrogen-bond acceptors (Lipinski definition) is 2. The van der Waals surface area contributed by atoms with Crippen molar-refractivity contribution in [3.63, 3.8) is 0 Å². The van der Waals surface area contributed by atoms with Crippen molar-refractivity contribution in [3.05, 3.63) is 0 Å². The number of hydrogen-bond donors (Lipinski definition) is 1. The van der Waals surface area contributed by atoms with Crippen molar-refractivity contribution < 1.29 is 14.7 Å². The molecule has 4 heteroatoms. The minimum absolute atomic E-state index is 0.108. The van der Waals surface area contributed by atoms with Gasteiger partial charge in [0, 0.05) is 26.4 Å². The van der Waals surface area contributed by atoms with Crippen molar-refractivity contribution in [1.29, 1.82) is 0 Å². The third-order valence-electron chi connectivity index (χ3n) is 2.79. The third-order valence-corrected chi connectivity index (χ3v) is 2.79. The number of carbonyl (C=O) groups is 2. The predicted molar refractivity (Wildman–Crippen MR) is 72.4 cm³/mol. The van der Waals surface area contributed by atoms with Crippen molar-refractivity contribution in [2.24, 2.45) is 11.3 Å². The molecule has 0 aliphatic rings. The minimum atomic E-state index is -0.808. The van der Waals surface area contributed by atoms with Crippen LogP contribution in [0.25, 0.3) is 0 Å². The number of aliphatic carboxylic acids is 1. The SMILES string of the molecule is CC(CC(=O)N(C)CCCC(=O)O)CC(C)(C)C. The predicted octanol–water partition coefficient (Wildman–Crippen LogP) is 2.77. The molecule has 0 heterocycles. The van der Waals surface area contributed by atoms with Crippen LogP contribution in [0.3, 0.4) is 0 Å². The monoisotopic (exact) mass is 257 g/mol. The average molecular weight is 257 g/mol. The molecule has 0 rings (SSSR count). The van der Waals surface area contributed by atoms with E-state index >= 15 is 0 Å². The number of carboxylic acids is 1. The fourth-order valence-electron chi connectivity index (χ4n) is 2.16. The average Bonchev–Trinajstić information content (AvgIpc) is 2.13. The number of nitrogens with zero attached hydrogens (tertiary/aromatic N) is 1. The van der Waals surface area contributed by atoms with Gasteiger partial charge in [-0.05, 0) is 24.2 Å². The summed E-state index contributed by atoms with van der Waals surface area (Å²) < 4.78 is 0. The van der Waals surface area contributed by atoms with Gasteiger partial charge in [-0.1, -0.05) is 27.7 Å². The first-order valence-electron chi connectivity index (χ1n) is 6.57. The van der Waals surface area contributed by atoms with Crippen LogP contribution in [0, 0.1) is 11.3 Å². The quantitative estimate of drug-likeness (QED) is 0.763. The van der Waals surface area contributed by atoms with E-state index in [1.165, 1.54) is 0 Å². The summed E-state index contributed by atoms with van der Waals surface area (Å²) in [7, 11) is 1.74. The maximum absolute atomic E-state index is 11.9. The van der Waals surface area contributed by atoms with Gasteiger partial charge in [0.1, 0.15) is 0 Å². The summed E-state index contributed by atoms with van der Waals surface area (Å²) in [6.07, 6.45) is 2.20. The lowest BCUT2D eigenvalue weighted by Gasteiger charge is -2.24. The topological polar surface area (TPSA) is 57.6 Å². The zero-order chi connectivity index (χ0) is 14.3. The molecule has 0 saturated carbocycles. The molecular formula is C14H27NO3. The van der Waals surface area contributed by atoms with E-state index in [-0.39, 0.29) is 17.7 Å². The molecule has 1 N–H and O–H groups in total. The first kappa shape index (κ1) is 16.9. The first-order valence-corrected chi connectivity index (χ1v) is 6.57. The molecule has 0 radical (unpaired) electrons. The van der Waals surface area contributed by atoms with Gasteiger partial charge < -0.3 is 10.0 Å². The van der Waals surface area contributed by atoms with Crippen LogP contribution in [0.4, 0.5) is 0 Å². The van der Waals surface area contributed by atoms with E-state index in [2.05, 4.69) is 27.7 Å². The first-order chi connectivity index (χ1) is 8.11. The molecule has 1 unspecified atom stereocenters. The van der Waals surface area contributed by atoms with Gasteiger partial charge in [0.2, 0.25) is 5.91 Å². The molecule has 1 amide bonds. The number of carboxylic acid groups (broad SMARTS) is 1. The zero-order valence-corrected chi connectivity index (χ0v) is 12.3. The van der Waals surface area contributed by atoms with Crippen molar-refractivity contribution >= 4 is 11.9 Å². The van der Waals surface area contributed by atoms with Gasteiger partial charge in [0.15, 0.2) is 0 Å². The third kappa shape index (κ3) is 9.02. The van der Waals surface area contributed by atoms with E-state index in [9.17, 15) is 9.59 Å². The Morgan fingerprint density at radius 2 is 1.83 bits per heavy atom. The van der Waals surface area contributed by atoms with Crippen molar-refractivity contribution in [1.82, 2.24) is 4.90 Å². The van der Waals surface area contributed by atoms with E-state index in [0.717, 1.165) is 6.42 Å². The highest BCUT2D eigenvalue weighted by atomic mass is 16.4. The fraction of sp³-hybridized carbons (Fsp3) is 0.857. The molecule has 0 aliphatic carbocycles. The zero-order valence-electron chi connectivity index (χ0n) is 12.3. The Labute approximate surface area is 110 Å². The maximum atomic E-state index is 11.9. The number of amides is 1. The van der Waals surface area contributed by atoms with Gasteiger partial charge in [-0.15, -0.1) is 0 Å². The van der Waals surface area contributed by atoms with Crippen molar-refractivity contribution in [3.8, 4) is 0 Å². The Balaban J connectivity index is 3.96. The van der Waals surface area contributed by atoms with Crippen molar-refractivity contribution in [2.45, 2.75) is 53.4 Å². The van der Waals surface area contributed by atoms with E-state index < -0.39 is 5.97 Å². The standard InChI is InChI=1S/C14H27NO3/c1-11(10-14(2,3)4)9-12(16)15(5)8-6-7-13(17)18/h11H,6-10H2,1-5H3,(H,17,18). The second-order valence-electron chi connectivity index (χ2n) is 6.39. The molecule has 0 saturated heterocycles. The van der Waals surface area contributed by atoms with Crippen LogP contribution in [0.15, 0.2) is 0 Å². The van der Waals surface area contributed by atoms with Crippen LogP contribution in [0.5, 0.6) is 0 Å². The van der Waals surface area contributed by atoms with Crippen LogP contribution in [0.2, 0.25) is 0 Å². The maximum Gasteiger partial charge on any atom is 0.303 e. The van der Waals surface area contributed by atoms with E-state index in [1.807, 2.05) is 0 Å². The molecular weight excluding hydrogens is 230 g/mol. The van der Waals surface area contributed by atoms with Crippen LogP contribution < -0.4 is 0 Å². The summed E-state index contributed by atoms with van der Waals surface area (Å²) >= 11 is 0. The minimum Gasteiger partial charge on any atom is -0.481 e. The molecule has 0 aliphatic heterocycles. The summed E-state index contributed by atoms with van der Waals surface area (Å²) in [4.78, 5) is 23.9. The summed E-state index contributed by atoms with van der Waals surface area (Å²) in [5, 5.41) is 8.53. The van der Waals surface area contributed by atoms with Crippen LogP contribution in [-0.2, 0) is 9.59 Å². The second kappa shape index (κ2) is 7.39. The fourth-order valence-corrected chi connectivity index (χ4v) is 2.16. The Morgan fingerprint density at radius 1 is 1.28 bits per heavy atom. The van der Waals surface area contributed by atoms with E-state index in [0.29, 0.717) is 25.3 Å². The van der Waals surface area contributed by atoms with Gasteiger partial charge in [-0.25, -0.2) is 0 Å². The van der Waals surface area contributed by atoms with Gasteiger partial charge in [-0.2, -0.15) is 0 Å². The molecule has 0 aromatic carbocycles. The Bertz CT molecular complexity index is 281. The van der Waals surface area contributed by atoms with Gasteiger partial charge >= 0.3 is 5.97 Å². The summed E-state index contributed by atoms with van der Waals surface area (Å²) in [5.41, 5.74) is 0.238. The number of carbonyl (C=O) groups excluding carboxylic acids is 1. The molecule has 0 spiro atoms. The summed E-state index contributed by atoms with van der Waals surface area (Å²) in [6, 6.07) is 0. The second-order valence-corrected chi connectivity index (χ2v) is 6.39. The largest absolute Gasteiger partial charge is 0.481 e. The normalized spacial score (nSPS) is 13.2. The highest BCUT2D eigenvalue weighted by molar-refractivity contribution is 5.76. The van der Waals surface area contributed by atoms with Crippen LogP contribution in [-0.4, -0.2) is 35.5 Å². The lowest BCUT2D eigenvalue weighted by Crippen LogP contribution is -2.30. The van der Waals surface area contributed by atoms with Gasteiger partial charge in [-0.3, -0.25) is 9.59 Å². The molecule has 106 valence electrons. The highest BCUT2D eigenvalue weighted by Crippen LogP contribution is 2.26. The Kier molecular flexibility index (Phi) is 6.96. The molecule has 1 atom stereocenters. The number of rotatable bonds is 7. The van der Waals surface area contributed by atoms with Crippen LogP contribution in [0.1, 0.15) is 53.4 Å². The lowest BCUT2D eigenvalue weighted by atomic mass is 9.84. The molecule has 0 aromatic heterocycles. The molecule has 18 heavy (non-hydrogen) atoms. The Morgan fingerprint density at radius 3 is 2.28 bits per heavy atom. The summed E-state index contributed by atoms with van der Waals surface area (Å²) in [6.45, 7) is 9.13. The van der Waals surface area contributed by atoms with Crippen LogP contribution >= 0.6 is 0 Å². The summed E-state index contributed by atoms with van der Waals surface area (Å²) in [5.74, 6) is -0.339. The molecule has 0 aromatic rings. The van der Waals surface area contributed by atoms with E-state index in [4.69, 9.17) is 5.11 Å². The van der Waals surface area contributed by atoms with E-state index in [1.54, 1.807) is 11.9 Å². The van der Waals surface area contributed by atoms with Gasteiger partial charge in [0.25, 0.3) is 0 Å². The lowest BCUT2D eigenvalue weighted by molar-refractivity contribution is -0.138. The van der Waals surface area contributed by atoms with Crippen molar-refractivity contribution in [2.75, 3.05) is 13.6 Å². The Hall–Kier alpha value is -1.06. The van der Waals surface area contributed by atoms with Gasteiger partial charge in [0.05, 0.1) is 0 Å². The molecule has 0 bridgehead atoms.